The summed E-state index contributed by atoms with van der Waals surface area (Å²) in [6, 6.07) is 9.62. The fourth-order valence-corrected chi connectivity index (χ4v) is 3.58. The fraction of sp³-hybridized carbons (Fsp3) is 0.348. The van der Waals surface area contributed by atoms with E-state index in [-0.39, 0.29) is 12.5 Å². The minimum Gasteiger partial charge on any atom is -0.495 e. The molecule has 5 nitrogen and oxygen atoms in total. The van der Waals surface area contributed by atoms with Crippen LogP contribution in [-0.4, -0.2) is 33.3 Å². The second kappa shape index (κ2) is 8.83. The molecule has 0 spiro atoms. The molecule has 0 fully saturated rings. The Morgan fingerprint density at radius 1 is 1.11 bits per heavy atom. The number of methoxy groups -OCH3 is 2. The lowest BCUT2D eigenvalue weighted by atomic mass is 9.96. The smallest absolute Gasteiger partial charge is 0.265 e. The number of benzene rings is 2. The molecule has 0 aromatic heterocycles. The van der Waals surface area contributed by atoms with Crippen LogP contribution in [0.1, 0.15) is 30.0 Å². The number of hydrogen-bond acceptors (Lipinski definition) is 4. The molecule has 5 heteroatoms. The predicted octanol–water partition coefficient (Wildman–Crippen LogP) is 4.40. The van der Waals surface area contributed by atoms with Crippen LogP contribution >= 0.6 is 0 Å². The number of carbonyl (C=O) groups is 1. The summed E-state index contributed by atoms with van der Waals surface area (Å²) in [7, 11) is 3.23. The van der Waals surface area contributed by atoms with Crippen LogP contribution < -0.4 is 19.1 Å². The first-order valence-electron chi connectivity index (χ1n) is 9.49. The average Bonchev–Trinajstić information content (AvgIpc) is 2.72. The van der Waals surface area contributed by atoms with Crippen molar-refractivity contribution >= 4 is 17.7 Å². The van der Waals surface area contributed by atoms with Crippen LogP contribution in [0.2, 0.25) is 0 Å². The van der Waals surface area contributed by atoms with Crippen LogP contribution in [0.5, 0.6) is 17.2 Å². The van der Waals surface area contributed by atoms with E-state index in [0.29, 0.717) is 18.0 Å². The number of carbonyl (C=O) groups excluding carboxylic acids is 1. The van der Waals surface area contributed by atoms with E-state index in [0.717, 1.165) is 29.8 Å². The highest BCUT2D eigenvalue weighted by Gasteiger charge is 2.27. The van der Waals surface area contributed by atoms with Crippen LogP contribution in [0.4, 0.5) is 5.69 Å². The van der Waals surface area contributed by atoms with Crippen molar-refractivity contribution in [1.29, 1.82) is 0 Å². The molecule has 148 valence electrons. The van der Waals surface area contributed by atoms with E-state index in [4.69, 9.17) is 14.2 Å². The minimum atomic E-state index is -0.0931. The van der Waals surface area contributed by atoms with Gasteiger partial charge in [0.25, 0.3) is 5.91 Å². The van der Waals surface area contributed by atoms with E-state index in [1.54, 1.807) is 19.1 Å². The second-order valence-corrected chi connectivity index (χ2v) is 6.76. The molecule has 0 unspecified atom stereocenters. The van der Waals surface area contributed by atoms with Crippen LogP contribution in [0.3, 0.4) is 0 Å². The summed E-state index contributed by atoms with van der Waals surface area (Å²) < 4.78 is 16.8. The standard InChI is InChI=1S/C23H27NO4/c1-5-7-17-10-12-19(21(14-17)27-4)28-15-22(25)24-13-6-8-18-16(2)9-11-20(26-3)23(18)24/h5,7,9-12,14H,6,8,13,15H2,1-4H3/b7-5+. The van der Waals surface area contributed by atoms with Gasteiger partial charge in [-0.3, -0.25) is 4.79 Å². The van der Waals surface area contributed by atoms with Crippen LogP contribution in [0.25, 0.3) is 6.08 Å². The van der Waals surface area contributed by atoms with Crippen molar-refractivity contribution in [2.45, 2.75) is 26.7 Å². The highest BCUT2D eigenvalue weighted by Crippen LogP contribution is 2.38. The fourth-order valence-electron chi connectivity index (χ4n) is 3.58. The molecule has 0 radical (unpaired) electrons. The van der Waals surface area contributed by atoms with Gasteiger partial charge in [-0.2, -0.15) is 0 Å². The Morgan fingerprint density at radius 3 is 2.57 bits per heavy atom. The van der Waals surface area contributed by atoms with Crippen LogP contribution in [-0.2, 0) is 11.2 Å². The van der Waals surface area contributed by atoms with Crippen molar-refractivity contribution < 1.29 is 19.0 Å². The van der Waals surface area contributed by atoms with Crippen molar-refractivity contribution in [2.75, 3.05) is 32.3 Å². The van der Waals surface area contributed by atoms with Gasteiger partial charge in [0.2, 0.25) is 0 Å². The molecule has 0 saturated carbocycles. The number of rotatable bonds is 6. The van der Waals surface area contributed by atoms with Gasteiger partial charge < -0.3 is 19.1 Å². The Labute approximate surface area is 166 Å². The normalized spacial score (nSPS) is 13.4. The summed E-state index contributed by atoms with van der Waals surface area (Å²) in [5.41, 5.74) is 4.24. The average molecular weight is 381 g/mol. The molecule has 0 atom stereocenters. The topological polar surface area (TPSA) is 48.0 Å². The molecule has 0 N–H and O–H groups in total. The van der Waals surface area contributed by atoms with Gasteiger partial charge in [0.05, 0.1) is 19.9 Å². The summed E-state index contributed by atoms with van der Waals surface area (Å²) >= 11 is 0. The molecule has 3 rings (SSSR count). The number of aryl methyl sites for hydroxylation is 1. The lowest BCUT2D eigenvalue weighted by molar-refractivity contribution is -0.120. The van der Waals surface area contributed by atoms with Crippen LogP contribution in [0.15, 0.2) is 36.4 Å². The zero-order chi connectivity index (χ0) is 20.1. The Bertz CT molecular complexity index is 888. The largest absolute Gasteiger partial charge is 0.495 e. The lowest BCUT2D eigenvalue weighted by Gasteiger charge is -2.32. The van der Waals surface area contributed by atoms with Gasteiger partial charge in [-0.15, -0.1) is 0 Å². The molecule has 1 heterocycles. The monoisotopic (exact) mass is 381 g/mol. The maximum Gasteiger partial charge on any atom is 0.265 e. The summed E-state index contributed by atoms with van der Waals surface area (Å²) in [5.74, 6) is 1.79. The Hall–Kier alpha value is -2.95. The molecule has 1 aliphatic rings. The number of anilines is 1. The lowest BCUT2D eigenvalue weighted by Crippen LogP contribution is -2.39. The molecule has 28 heavy (non-hydrogen) atoms. The molecule has 2 aromatic carbocycles. The van der Waals surface area contributed by atoms with E-state index in [9.17, 15) is 4.79 Å². The van der Waals surface area contributed by atoms with Crippen molar-refractivity contribution in [3.05, 3.63) is 53.1 Å². The zero-order valence-electron chi connectivity index (χ0n) is 17.0. The van der Waals surface area contributed by atoms with Gasteiger partial charge in [0.15, 0.2) is 18.1 Å². The first kappa shape index (κ1) is 19.8. The SMILES string of the molecule is C/C=C/c1ccc(OCC(=O)N2CCCc3c(C)ccc(OC)c32)c(OC)c1. The molecule has 0 saturated heterocycles. The summed E-state index contributed by atoms with van der Waals surface area (Å²) in [6.07, 6.45) is 5.82. The van der Waals surface area contributed by atoms with Crippen molar-refractivity contribution in [2.24, 2.45) is 0 Å². The summed E-state index contributed by atoms with van der Waals surface area (Å²) in [6.45, 7) is 4.63. The molecule has 0 aliphatic carbocycles. The third kappa shape index (κ3) is 3.98. The molecule has 2 aromatic rings. The number of amides is 1. The van der Waals surface area contributed by atoms with Gasteiger partial charge in [0, 0.05) is 6.54 Å². The molecule has 1 amide bonds. The number of nitrogens with zero attached hydrogens (tertiary/aromatic N) is 1. The number of fused-ring (bicyclic) bond motifs is 1. The quantitative estimate of drug-likeness (QED) is 0.744. The maximum atomic E-state index is 13.0. The second-order valence-electron chi connectivity index (χ2n) is 6.76. The van der Waals surface area contributed by atoms with Crippen molar-refractivity contribution in [1.82, 2.24) is 0 Å². The van der Waals surface area contributed by atoms with Crippen molar-refractivity contribution in [3.63, 3.8) is 0 Å². The number of hydrogen-bond donors (Lipinski definition) is 0. The Morgan fingerprint density at radius 2 is 1.86 bits per heavy atom. The van der Waals surface area contributed by atoms with Crippen LogP contribution in [0, 0.1) is 6.92 Å². The van der Waals surface area contributed by atoms with E-state index in [1.165, 1.54) is 11.1 Å². The molecular weight excluding hydrogens is 354 g/mol. The van der Waals surface area contributed by atoms with E-state index in [2.05, 4.69) is 6.92 Å². The molecular formula is C23H27NO4. The number of allylic oxidation sites excluding steroid dienone is 1. The third-order valence-electron chi connectivity index (χ3n) is 4.98. The predicted molar refractivity (Wildman–Crippen MR) is 112 cm³/mol. The Kier molecular flexibility index (Phi) is 6.24. The first-order chi connectivity index (χ1) is 13.6. The van der Waals surface area contributed by atoms with Gasteiger partial charge in [0.1, 0.15) is 5.75 Å². The van der Waals surface area contributed by atoms with E-state index >= 15 is 0 Å². The highest BCUT2D eigenvalue weighted by atomic mass is 16.5. The van der Waals surface area contributed by atoms with Gasteiger partial charge in [-0.05, 0) is 61.6 Å². The third-order valence-corrected chi connectivity index (χ3v) is 4.98. The molecule has 1 aliphatic heterocycles. The Balaban J connectivity index is 1.80. The van der Waals surface area contributed by atoms with Crippen molar-refractivity contribution in [3.8, 4) is 17.2 Å². The van der Waals surface area contributed by atoms with Gasteiger partial charge in [-0.1, -0.05) is 24.3 Å². The van der Waals surface area contributed by atoms with Gasteiger partial charge >= 0.3 is 0 Å². The van der Waals surface area contributed by atoms with E-state index < -0.39 is 0 Å². The van der Waals surface area contributed by atoms with E-state index in [1.807, 2.05) is 49.4 Å². The first-order valence-corrected chi connectivity index (χ1v) is 9.49. The summed E-state index contributed by atoms with van der Waals surface area (Å²) in [4.78, 5) is 14.8. The zero-order valence-corrected chi connectivity index (χ0v) is 17.0. The summed E-state index contributed by atoms with van der Waals surface area (Å²) in [5, 5.41) is 0. The highest BCUT2D eigenvalue weighted by molar-refractivity contribution is 5.97. The maximum absolute atomic E-state index is 13.0. The minimum absolute atomic E-state index is 0.0597. The molecule has 0 bridgehead atoms. The number of ether oxygens (including phenoxy) is 3. The van der Waals surface area contributed by atoms with Gasteiger partial charge in [-0.25, -0.2) is 0 Å².